The summed E-state index contributed by atoms with van der Waals surface area (Å²) in [5, 5.41) is 0. The number of ether oxygens (including phenoxy) is 3. The summed E-state index contributed by atoms with van der Waals surface area (Å²) in [4.78, 5) is 24.8. The van der Waals surface area contributed by atoms with Crippen molar-refractivity contribution in [1.29, 1.82) is 0 Å². The van der Waals surface area contributed by atoms with Crippen molar-refractivity contribution in [1.82, 2.24) is 4.57 Å². The number of nitrogens with zero attached hydrogens (tertiary/aromatic N) is 1. The molecule has 3 rings (SSSR count). The molecule has 0 saturated heterocycles. The van der Waals surface area contributed by atoms with Crippen LogP contribution in [0.25, 0.3) is 0 Å². The fourth-order valence-electron chi connectivity index (χ4n) is 3.13. The number of rotatable bonds is 10. The third kappa shape index (κ3) is 5.18. The maximum absolute atomic E-state index is 12.5. The molecule has 0 bridgehead atoms. The van der Waals surface area contributed by atoms with Crippen LogP contribution in [-0.2, 0) is 22.6 Å². The highest BCUT2D eigenvalue weighted by atomic mass is 16.5. The lowest BCUT2D eigenvalue weighted by atomic mass is 10.1. The Morgan fingerprint density at radius 1 is 1.07 bits per heavy atom. The highest BCUT2D eigenvalue weighted by Crippen LogP contribution is 2.17. The predicted molar refractivity (Wildman–Crippen MR) is 110 cm³/mol. The molecule has 0 atom stereocenters. The van der Waals surface area contributed by atoms with Crippen LogP contribution in [0, 0.1) is 13.8 Å². The summed E-state index contributed by atoms with van der Waals surface area (Å²) < 4.78 is 23.3. The number of carbonyl (C=O) groups excluding carboxylic acids is 2. The summed E-state index contributed by atoms with van der Waals surface area (Å²) in [5.74, 6) is 0.257. The molecule has 0 aliphatic heterocycles. The number of Topliss-reactive ketones (excluding diaryl/α,β-unsaturated/α-hetero) is 1. The fraction of sp³-hybridized carbons (Fsp3) is 0.304. The summed E-state index contributed by atoms with van der Waals surface area (Å²) >= 11 is 0. The number of carbonyl (C=O) groups is 2. The number of aromatic nitrogens is 1. The normalized spacial score (nSPS) is 10.8. The number of hydrogen-bond acceptors (Lipinski definition) is 6. The first kappa shape index (κ1) is 21.4. The molecule has 7 nitrogen and oxygen atoms in total. The molecular weight excluding hydrogens is 386 g/mol. The fourth-order valence-corrected chi connectivity index (χ4v) is 3.13. The first-order chi connectivity index (χ1) is 14.5. The van der Waals surface area contributed by atoms with Gasteiger partial charge >= 0.3 is 5.97 Å². The molecule has 0 radical (unpaired) electrons. The van der Waals surface area contributed by atoms with Crippen LogP contribution < -0.4 is 4.74 Å². The van der Waals surface area contributed by atoms with Crippen LogP contribution in [0.3, 0.4) is 0 Å². The van der Waals surface area contributed by atoms with Gasteiger partial charge in [-0.25, -0.2) is 4.79 Å². The summed E-state index contributed by atoms with van der Waals surface area (Å²) in [6, 6.07) is 14.2. The van der Waals surface area contributed by atoms with E-state index >= 15 is 0 Å². The molecule has 0 N–H and O–H groups in total. The van der Waals surface area contributed by atoms with Crippen molar-refractivity contribution in [2.75, 3.05) is 20.3 Å². The average molecular weight is 411 g/mol. The number of para-hydroxylation sites is 1. The zero-order chi connectivity index (χ0) is 21.5. The predicted octanol–water partition coefficient (Wildman–Crippen LogP) is 3.96. The lowest BCUT2D eigenvalue weighted by Gasteiger charge is -2.08. The molecule has 0 aliphatic carbocycles. The molecule has 0 fully saturated rings. The molecule has 7 heteroatoms. The maximum Gasteiger partial charge on any atom is 0.374 e. The van der Waals surface area contributed by atoms with Crippen LogP contribution in [0.4, 0.5) is 0 Å². The van der Waals surface area contributed by atoms with Gasteiger partial charge in [-0.2, -0.15) is 0 Å². The number of hydrogen-bond donors (Lipinski definition) is 0. The van der Waals surface area contributed by atoms with Crippen molar-refractivity contribution < 1.29 is 28.2 Å². The van der Waals surface area contributed by atoms with Gasteiger partial charge in [0.05, 0.1) is 6.61 Å². The third-order valence-electron chi connectivity index (χ3n) is 4.71. The maximum atomic E-state index is 12.5. The summed E-state index contributed by atoms with van der Waals surface area (Å²) in [6.45, 7) is 4.82. The Kier molecular flexibility index (Phi) is 7.08. The van der Waals surface area contributed by atoms with Crippen LogP contribution in [0.15, 0.2) is 52.9 Å². The van der Waals surface area contributed by atoms with Crippen molar-refractivity contribution in [3.05, 3.63) is 77.0 Å². The highest BCUT2D eigenvalue weighted by Gasteiger charge is 2.19. The van der Waals surface area contributed by atoms with E-state index in [1.807, 2.05) is 48.7 Å². The molecule has 0 spiro atoms. The Morgan fingerprint density at radius 2 is 1.83 bits per heavy atom. The van der Waals surface area contributed by atoms with E-state index in [1.54, 1.807) is 19.2 Å². The molecule has 2 heterocycles. The van der Waals surface area contributed by atoms with Gasteiger partial charge < -0.3 is 23.2 Å². The summed E-state index contributed by atoms with van der Waals surface area (Å²) in [5.41, 5.74) is 2.31. The second kappa shape index (κ2) is 9.93. The Labute approximate surface area is 175 Å². The van der Waals surface area contributed by atoms with Crippen LogP contribution in [0.2, 0.25) is 0 Å². The topological polar surface area (TPSA) is 79.9 Å². The molecule has 158 valence electrons. The zero-order valence-corrected chi connectivity index (χ0v) is 17.3. The Hall–Kier alpha value is -3.32. The average Bonchev–Trinajstić information content (AvgIpc) is 3.34. The van der Waals surface area contributed by atoms with Gasteiger partial charge in [0.2, 0.25) is 11.5 Å². The van der Waals surface area contributed by atoms with Crippen LogP contribution in [-0.4, -0.2) is 36.6 Å². The summed E-state index contributed by atoms with van der Waals surface area (Å²) in [7, 11) is 1.63. The van der Waals surface area contributed by atoms with E-state index in [9.17, 15) is 9.59 Å². The van der Waals surface area contributed by atoms with Gasteiger partial charge in [-0.05, 0) is 44.2 Å². The van der Waals surface area contributed by atoms with Gasteiger partial charge in [-0.15, -0.1) is 0 Å². The number of methoxy groups -OCH3 is 1. The second-order valence-electron chi connectivity index (χ2n) is 6.80. The number of benzene rings is 1. The SMILES string of the molecule is COCCn1c(C)cc(C(=O)COC(=O)c2ccc(COc3ccccc3)o2)c1C. The molecule has 3 aromatic rings. The molecule has 0 saturated carbocycles. The van der Waals surface area contributed by atoms with E-state index in [-0.39, 0.29) is 24.8 Å². The minimum Gasteiger partial charge on any atom is -0.486 e. The molecule has 0 amide bonds. The van der Waals surface area contributed by atoms with Crippen molar-refractivity contribution in [2.45, 2.75) is 27.0 Å². The van der Waals surface area contributed by atoms with E-state index in [2.05, 4.69) is 0 Å². The number of furan rings is 1. The molecule has 2 aromatic heterocycles. The van der Waals surface area contributed by atoms with Crippen LogP contribution in [0.5, 0.6) is 5.75 Å². The minimum atomic E-state index is -0.692. The van der Waals surface area contributed by atoms with Gasteiger partial charge in [-0.3, -0.25) is 4.79 Å². The summed E-state index contributed by atoms with van der Waals surface area (Å²) in [6.07, 6.45) is 0. The van der Waals surface area contributed by atoms with Gasteiger partial charge in [0.15, 0.2) is 6.61 Å². The van der Waals surface area contributed by atoms with Gasteiger partial charge in [0.1, 0.15) is 18.1 Å². The van der Waals surface area contributed by atoms with Crippen molar-refractivity contribution in [3.8, 4) is 5.75 Å². The van der Waals surface area contributed by atoms with E-state index in [4.69, 9.17) is 18.6 Å². The molecule has 0 aliphatic rings. The zero-order valence-electron chi connectivity index (χ0n) is 17.3. The second-order valence-corrected chi connectivity index (χ2v) is 6.80. The van der Waals surface area contributed by atoms with Crippen molar-refractivity contribution in [3.63, 3.8) is 0 Å². The van der Waals surface area contributed by atoms with E-state index < -0.39 is 5.97 Å². The Morgan fingerprint density at radius 3 is 2.57 bits per heavy atom. The van der Waals surface area contributed by atoms with E-state index in [0.717, 1.165) is 11.4 Å². The van der Waals surface area contributed by atoms with E-state index in [1.165, 1.54) is 6.07 Å². The van der Waals surface area contributed by atoms with Crippen LogP contribution >= 0.6 is 0 Å². The Balaban J connectivity index is 1.54. The largest absolute Gasteiger partial charge is 0.486 e. The molecule has 1 aromatic carbocycles. The lowest BCUT2D eigenvalue weighted by Crippen LogP contribution is -2.15. The Bertz CT molecular complexity index is 1000. The molecule has 30 heavy (non-hydrogen) atoms. The van der Waals surface area contributed by atoms with Crippen molar-refractivity contribution in [2.24, 2.45) is 0 Å². The molecular formula is C23H25NO6. The van der Waals surface area contributed by atoms with Gasteiger partial charge in [-0.1, -0.05) is 18.2 Å². The highest BCUT2D eigenvalue weighted by molar-refractivity contribution is 6.00. The van der Waals surface area contributed by atoms with Gasteiger partial charge in [0, 0.05) is 30.6 Å². The minimum absolute atomic E-state index is 0.0278. The number of esters is 1. The standard InChI is InChI=1S/C23H25NO6/c1-16-13-20(17(2)24(16)11-12-27-3)21(25)15-29-23(26)22-10-9-19(30-22)14-28-18-7-5-4-6-8-18/h4-10,13H,11-12,14-15H2,1-3H3. The first-order valence-electron chi connectivity index (χ1n) is 9.62. The lowest BCUT2D eigenvalue weighted by molar-refractivity contribution is 0.0440. The smallest absolute Gasteiger partial charge is 0.374 e. The van der Waals surface area contributed by atoms with Gasteiger partial charge in [0.25, 0.3) is 0 Å². The monoisotopic (exact) mass is 411 g/mol. The van der Waals surface area contributed by atoms with E-state index in [0.29, 0.717) is 30.2 Å². The van der Waals surface area contributed by atoms with Crippen LogP contribution in [0.1, 0.15) is 38.1 Å². The third-order valence-corrected chi connectivity index (χ3v) is 4.71. The number of ketones is 1. The first-order valence-corrected chi connectivity index (χ1v) is 9.62. The van der Waals surface area contributed by atoms with Crippen molar-refractivity contribution >= 4 is 11.8 Å². The molecule has 0 unspecified atom stereocenters. The quantitative estimate of drug-likeness (QED) is 0.371. The number of aryl methyl sites for hydroxylation is 1.